The summed E-state index contributed by atoms with van der Waals surface area (Å²) in [5, 5.41) is 3.02. The molecule has 1 N–H and O–H groups in total. The van der Waals surface area contributed by atoms with Crippen molar-refractivity contribution in [3.05, 3.63) is 51.7 Å². The number of rotatable bonds is 6. The third kappa shape index (κ3) is 5.37. The third-order valence-corrected chi connectivity index (χ3v) is 5.06. The minimum Gasteiger partial charge on any atom is -0.452 e. The van der Waals surface area contributed by atoms with Gasteiger partial charge in [0.2, 0.25) is 5.91 Å². The number of esters is 1. The van der Waals surface area contributed by atoms with Crippen molar-refractivity contribution in [2.24, 2.45) is 0 Å². The highest BCUT2D eigenvalue weighted by Gasteiger charge is 2.23. The summed E-state index contributed by atoms with van der Waals surface area (Å²) in [6, 6.07) is 5.93. The van der Waals surface area contributed by atoms with Crippen LogP contribution in [0.25, 0.3) is 0 Å². The number of benzene rings is 1. The molecule has 0 saturated carbocycles. The molecule has 1 aromatic heterocycles. The molecule has 0 aliphatic heterocycles. The van der Waals surface area contributed by atoms with Crippen LogP contribution in [0.15, 0.2) is 24.3 Å². The molecule has 0 aliphatic rings. The summed E-state index contributed by atoms with van der Waals surface area (Å²) in [7, 11) is 1.55. The first-order valence-electron chi connectivity index (χ1n) is 8.22. The molecule has 1 heterocycles. The van der Waals surface area contributed by atoms with Crippen molar-refractivity contribution in [2.45, 2.75) is 27.3 Å². The maximum absolute atomic E-state index is 13.2. The maximum Gasteiger partial charge on any atom is 0.341 e. The van der Waals surface area contributed by atoms with Gasteiger partial charge in [-0.2, -0.15) is 0 Å². The zero-order valence-corrected chi connectivity index (χ0v) is 16.4. The van der Waals surface area contributed by atoms with E-state index in [1.807, 2.05) is 6.92 Å². The Morgan fingerprint density at radius 1 is 1.26 bits per heavy atom. The highest BCUT2D eigenvalue weighted by molar-refractivity contribution is 7.16. The van der Waals surface area contributed by atoms with Crippen molar-refractivity contribution < 1.29 is 23.5 Å². The number of nitrogens with zero attached hydrogens (tertiary/aromatic N) is 1. The number of hydrogen-bond donors (Lipinski definition) is 1. The van der Waals surface area contributed by atoms with E-state index in [4.69, 9.17) is 4.74 Å². The van der Waals surface area contributed by atoms with E-state index in [1.165, 1.54) is 35.3 Å². The van der Waals surface area contributed by atoms with Gasteiger partial charge in [-0.15, -0.1) is 11.3 Å². The normalized spacial score (nSPS) is 10.4. The molecule has 8 heteroatoms. The van der Waals surface area contributed by atoms with Gasteiger partial charge in [0.25, 0.3) is 5.91 Å². The zero-order chi connectivity index (χ0) is 20.1. The van der Waals surface area contributed by atoms with Gasteiger partial charge in [0, 0.05) is 25.4 Å². The first-order valence-corrected chi connectivity index (χ1v) is 9.03. The molecule has 2 amide bonds. The average Bonchev–Trinajstić information content (AvgIpc) is 2.85. The van der Waals surface area contributed by atoms with Crippen LogP contribution in [-0.2, 0) is 20.9 Å². The molecule has 0 fully saturated rings. The summed E-state index contributed by atoms with van der Waals surface area (Å²) < 4.78 is 18.4. The van der Waals surface area contributed by atoms with Crippen molar-refractivity contribution in [3.63, 3.8) is 0 Å². The van der Waals surface area contributed by atoms with Crippen LogP contribution in [0.2, 0.25) is 0 Å². The maximum atomic E-state index is 13.2. The van der Waals surface area contributed by atoms with E-state index in [1.54, 1.807) is 26.1 Å². The number of halogens is 1. The highest BCUT2D eigenvalue weighted by Crippen LogP contribution is 2.32. The monoisotopic (exact) mass is 392 g/mol. The van der Waals surface area contributed by atoms with Crippen molar-refractivity contribution in [2.75, 3.05) is 19.0 Å². The number of carbonyl (C=O) groups is 3. The Labute approximate surface area is 160 Å². The first kappa shape index (κ1) is 20.6. The minimum absolute atomic E-state index is 0.196. The summed E-state index contributed by atoms with van der Waals surface area (Å²) >= 11 is 1.28. The van der Waals surface area contributed by atoms with Crippen LogP contribution in [0.4, 0.5) is 9.39 Å². The number of aryl methyl sites for hydroxylation is 1. The van der Waals surface area contributed by atoms with Crippen molar-refractivity contribution in [1.82, 2.24) is 4.90 Å². The summed E-state index contributed by atoms with van der Waals surface area (Å²) in [6.07, 6.45) is 0. The van der Waals surface area contributed by atoms with Crippen LogP contribution in [0.3, 0.4) is 0 Å². The van der Waals surface area contributed by atoms with E-state index < -0.39 is 18.5 Å². The van der Waals surface area contributed by atoms with Gasteiger partial charge in [0.05, 0.1) is 5.56 Å². The van der Waals surface area contributed by atoms with Gasteiger partial charge in [-0.25, -0.2) is 9.18 Å². The molecule has 2 aromatic rings. The van der Waals surface area contributed by atoms with Crippen LogP contribution < -0.4 is 5.32 Å². The number of likely N-dealkylation sites (N-methyl/N-ethyl adjacent to an activating group) is 1. The Kier molecular flexibility index (Phi) is 6.68. The molecule has 144 valence electrons. The van der Waals surface area contributed by atoms with Gasteiger partial charge >= 0.3 is 5.97 Å². The molecule has 0 aliphatic carbocycles. The van der Waals surface area contributed by atoms with Crippen LogP contribution in [-0.4, -0.2) is 36.3 Å². The fourth-order valence-corrected chi connectivity index (χ4v) is 3.52. The first-order chi connectivity index (χ1) is 12.7. The Bertz CT molecular complexity index is 879. The van der Waals surface area contributed by atoms with Crippen LogP contribution >= 0.6 is 11.3 Å². The largest absolute Gasteiger partial charge is 0.452 e. The number of nitrogens with one attached hydrogen (secondary N) is 1. The lowest BCUT2D eigenvalue weighted by atomic mass is 10.1. The number of anilines is 1. The van der Waals surface area contributed by atoms with E-state index >= 15 is 0 Å². The summed E-state index contributed by atoms with van der Waals surface area (Å²) in [6.45, 7) is 4.69. The summed E-state index contributed by atoms with van der Waals surface area (Å²) in [5.41, 5.74) is 1.59. The molecular formula is C19H21FN2O4S. The van der Waals surface area contributed by atoms with E-state index in [0.717, 1.165) is 4.88 Å². The van der Waals surface area contributed by atoms with Crippen molar-refractivity contribution in [1.29, 1.82) is 0 Å². The molecule has 0 radical (unpaired) electrons. The van der Waals surface area contributed by atoms with Gasteiger partial charge in [0.15, 0.2) is 6.61 Å². The predicted molar refractivity (Wildman–Crippen MR) is 101 cm³/mol. The second-order valence-electron chi connectivity index (χ2n) is 6.12. The molecule has 0 atom stereocenters. The second-order valence-corrected chi connectivity index (χ2v) is 7.35. The Balaban J connectivity index is 2.00. The summed E-state index contributed by atoms with van der Waals surface area (Å²) in [4.78, 5) is 38.2. The van der Waals surface area contributed by atoms with Crippen LogP contribution in [0.5, 0.6) is 0 Å². The number of amides is 2. The topological polar surface area (TPSA) is 75.7 Å². The minimum atomic E-state index is -0.673. The van der Waals surface area contributed by atoms with E-state index in [2.05, 4.69) is 5.32 Å². The molecule has 1 aromatic carbocycles. The van der Waals surface area contributed by atoms with Gasteiger partial charge in [-0.1, -0.05) is 12.1 Å². The average molecular weight is 392 g/mol. The van der Waals surface area contributed by atoms with E-state index in [9.17, 15) is 18.8 Å². The third-order valence-electron chi connectivity index (χ3n) is 3.94. The Morgan fingerprint density at radius 2 is 1.96 bits per heavy atom. The summed E-state index contributed by atoms with van der Waals surface area (Å²) in [5.74, 6) is -1.77. The lowest BCUT2D eigenvalue weighted by Crippen LogP contribution is -2.31. The second kappa shape index (κ2) is 8.77. The highest BCUT2D eigenvalue weighted by atomic mass is 32.1. The number of thiophene rings is 1. The smallest absolute Gasteiger partial charge is 0.341 e. The van der Waals surface area contributed by atoms with E-state index in [-0.39, 0.29) is 23.8 Å². The zero-order valence-electron chi connectivity index (χ0n) is 15.6. The quantitative estimate of drug-likeness (QED) is 0.766. The number of carbonyl (C=O) groups excluding carboxylic acids is 3. The van der Waals surface area contributed by atoms with Gasteiger partial charge in [-0.05, 0) is 37.1 Å². The standard InChI is InChI=1S/C19H21FN2O4S/c1-11-12(2)27-18(21-13(3)23)17(11)19(25)26-10-16(24)22(4)9-14-6-5-7-15(20)8-14/h5-8H,9-10H2,1-4H3,(H,21,23). The predicted octanol–water partition coefficient (Wildman–Crippen LogP) is 3.28. The molecule has 2 rings (SSSR count). The van der Waals surface area contributed by atoms with Crippen molar-refractivity contribution in [3.8, 4) is 0 Å². The molecule has 6 nitrogen and oxygen atoms in total. The lowest BCUT2D eigenvalue weighted by molar-refractivity contribution is -0.133. The lowest BCUT2D eigenvalue weighted by Gasteiger charge is -2.17. The van der Waals surface area contributed by atoms with Crippen LogP contribution in [0.1, 0.15) is 33.3 Å². The Morgan fingerprint density at radius 3 is 2.59 bits per heavy atom. The molecule has 0 saturated heterocycles. The molecule has 0 bridgehead atoms. The molecule has 0 unspecified atom stereocenters. The Hall–Kier alpha value is -2.74. The number of ether oxygens (including phenoxy) is 1. The van der Waals surface area contributed by atoms with Gasteiger partial charge in [0.1, 0.15) is 10.8 Å². The van der Waals surface area contributed by atoms with E-state index in [0.29, 0.717) is 16.1 Å². The molecule has 27 heavy (non-hydrogen) atoms. The fourth-order valence-electron chi connectivity index (χ4n) is 2.43. The van der Waals surface area contributed by atoms with Crippen molar-refractivity contribution >= 4 is 34.1 Å². The van der Waals surface area contributed by atoms with Crippen LogP contribution in [0, 0.1) is 19.7 Å². The van der Waals surface area contributed by atoms with Gasteiger partial charge < -0.3 is 15.0 Å². The SMILES string of the molecule is CC(=O)Nc1sc(C)c(C)c1C(=O)OCC(=O)N(C)Cc1cccc(F)c1. The van der Waals surface area contributed by atoms with Gasteiger partial charge in [-0.3, -0.25) is 9.59 Å². The molecule has 0 spiro atoms. The fraction of sp³-hybridized carbons (Fsp3) is 0.316. The molecular weight excluding hydrogens is 371 g/mol. The number of hydrogen-bond acceptors (Lipinski definition) is 5.